The van der Waals surface area contributed by atoms with Crippen molar-refractivity contribution in [1.29, 1.82) is 0 Å². The third kappa shape index (κ3) is 74.1. The monoisotopic (exact) mass is 1450 g/mol. The fourth-order valence-corrected chi connectivity index (χ4v) is 14.0. The molecule has 588 valence electrons. The average molecular weight is 1450 g/mol. The molecule has 3 N–H and O–H groups in total. The van der Waals surface area contributed by atoms with E-state index in [9.17, 15) is 43.2 Å². The maximum absolute atomic E-state index is 13.1. The topological polar surface area (TPSA) is 237 Å². The molecule has 0 aromatic carbocycles. The van der Waals surface area contributed by atoms with E-state index < -0.39 is 97.5 Å². The second kappa shape index (κ2) is 74.3. The highest BCUT2D eigenvalue weighted by molar-refractivity contribution is 7.47. The number of hydrogen-bond acceptors (Lipinski definition) is 15. The van der Waals surface area contributed by atoms with Crippen LogP contribution in [0.2, 0.25) is 0 Å². The number of ether oxygens (including phenoxy) is 4. The number of carbonyl (C=O) groups excluding carboxylic acids is 4. The molecule has 5 atom stereocenters. The van der Waals surface area contributed by atoms with Crippen LogP contribution in [-0.2, 0) is 65.4 Å². The van der Waals surface area contributed by atoms with Crippen molar-refractivity contribution in [3.63, 3.8) is 0 Å². The van der Waals surface area contributed by atoms with Crippen LogP contribution in [0, 0.1) is 0 Å². The summed E-state index contributed by atoms with van der Waals surface area (Å²) in [5, 5.41) is 10.6. The Balaban J connectivity index is 5.16. The summed E-state index contributed by atoms with van der Waals surface area (Å²) in [7, 11) is -9.91. The van der Waals surface area contributed by atoms with Gasteiger partial charge in [0.2, 0.25) is 0 Å². The first-order valence-corrected chi connectivity index (χ1v) is 44.8. The number of aliphatic hydroxyl groups is 1. The van der Waals surface area contributed by atoms with Crippen LogP contribution in [0.1, 0.15) is 432 Å². The van der Waals surface area contributed by atoms with E-state index in [0.29, 0.717) is 25.7 Å². The normalized spacial score (nSPS) is 13.8. The lowest BCUT2D eigenvalue weighted by Crippen LogP contribution is -2.30. The quantitative estimate of drug-likeness (QED) is 0.0222. The van der Waals surface area contributed by atoms with Gasteiger partial charge in [-0.2, -0.15) is 0 Å². The van der Waals surface area contributed by atoms with Crippen LogP contribution in [0.3, 0.4) is 0 Å². The Morgan fingerprint density at radius 3 is 0.596 bits per heavy atom. The van der Waals surface area contributed by atoms with Gasteiger partial charge in [-0.15, -0.1) is 0 Å². The van der Waals surface area contributed by atoms with Gasteiger partial charge in [-0.1, -0.05) is 381 Å². The van der Waals surface area contributed by atoms with Crippen molar-refractivity contribution in [3.05, 3.63) is 0 Å². The summed E-state index contributed by atoms with van der Waals surface area (Å²) in [5.74, 6) is -2.11. The Morgan fingerprint density at radius 2 is 0.404 bits per heavy atom. The lowest BCUT2D eigenvalue weighted by Gasteiger charge is -2.21. The van der Waals surface area contributed by atoms with Crippen molar-refractivity contribution in [3.8, 4) is 0 Å². The third-order valence-corrected chi connectivity index (χ3v) is 20.8. The molecule has 0 aliphatic rings. The number of phosphoric acid groups is 2. The molecule has 0 aliphatic carbocycles. The van der Waals surface area contributed by atoms with Gasteiger partial charge in [-0.3, -0.25) is 37.3 Å². The average Bonchev–Trinajstić information content (AvgIpc) is 1.25. The Hall–Kier alpha value is -1.94. The minimum absolute atomic E-state index is 0.107. The highest BCUT2D eigenvalue weighted by Crippen LogP contribution is 2.45. The van der Waals surface area contributed by atoms with E-state index in [-0.39, 0.29) is 25.7 Å². The highest BCUT2D eigenvalue weighted by atomic mass is 31.2. The van der Waals surface area contributed by atoms with E-state index >= 15 is 0 Å². The van der Waals surface area contributed by atoms with Crippen molar-refractivity contribution in [2.45, 2.75) is 451 Å². The van der Waals surface area contributed by atoms with Crippen LogP contribution in [0.15, 0.2) is 0 Å². The maximum atomic E-state index is 13.1. The standard InChI is InChI=1S/C80H156O17P2/c1-5-9-13-17-21-25-28-30-32-34-36-38-40-42-44-47-49-53-57-61-65-78(83)91-71-76(97-80(85)67-63-59-55-51-48-45-43-41-39-37-35-33-31-29-26-22-18-14-10-6-2)73-95-99(88,89)93-69-74(81)68-92-98(86,87)94-72-75(70-90-77(82)64-60-56-52-24-20-16-12-8-4)96-79(84)66-62-58-54-50-46-27-23-19-15-11-7-3/h74-76,81H,5-73H2,1-4H3,(H,86,87)(H,88,89)/t74-,75+,76+/m0/s1. The summed E-state index contributed by atoms with van der Waals surface area (Å²) in [5.41, 5.74) is 0. The molecule has 0 aromatic rings. The molecule has 2 unspecified atom stereocenters. The summed E-state index contributed by atoms with van der Waals surface area (Å²) in [4.78, 5) is 72.8. The van der Waals surface area contributed by atoms with Gasteiger partial charge in [0.1, 0.15) is 19.3 Å². The van der Waals surface area contributed by atoms with Gasteiger partial charge in [0.05, 0.1) is 26.4 Å². The molecular weight excluding hydrogens is 1290 g/mol. The van der Waals surface area contributed by atoms with Crippen LogP contribution < -0.4 is 0 Å². The van der Waals surface area contributed by atoms with Gasteiger partial charge in [0.25, 0.3) is 0 Å². The van der Waals surface area contributed by atoms with Crippen LogP contribution in [0.5, 0.6) is 0 Å². The molecular formula is C80H156O17P2. The third-order valence-electron chi connectivity index (χ3n) is 18.9. The fraction of sp³-hybridized carbons (Fsp3) is 0.950. The first-order valence-electron chi connectivity index (χ1n) is 41.8. The van der Waals surface area contributed by atoms with Crippen molar-refractivity contribution in [1.82, 2.24) is 0 Å². The second-order valence-corrected chi connectivity index (χ2v) is 31.7. The van der Waals surface area contributed by atoms with E-state index in [1.807, 2.05) is 0 Å². The first kappa shape index (κ1) is 97.1. The molecule has 0 aliphatic heterocycles. The van der Waals surface area contributed by atoms with Gasteiger partial charge in [-0.05, 0) is 25.7 Å². The number of aliphatic hydroxyl groups excluding tert-OH is 1. The summed E-state index contributed by atoms with van der Waals surface area (Å²) in [6.45, 7) is 4.98. The zero-order valence-corrected chi connectivity index (χ0v) is 66.3. The number of esters is 4. The van der Waals surface area contributed by atoms with Gasteiger partial charge in [0, 0.05) is 25.7 Å². The lowest BCUT2D eigenvalue weighted by molar-refractivity contribution is -0.161. The summed E-state index contributed by atoms with van der Waals surface area (Å²) < 4.78 is 68.6. The van der Waals surface area contributed by atoms with Crippen LogP contribution >= 0.6 is 15.6 Å². The lowest BCUT2D eigenvalue weighted by atomic mass is 10.0. The summed E-state index contributed by atoms with van der Waals surface area (Å²) in [6.07, 6.45) is 66.8. The molecule has 0 saturated heterocycles. The van der Waals surface area contributed by atoms with Crippen LogP contribution in [0.4, 0.5) is 0 Å². The van der Waals surface area contributed by atoms with Crippen LogP contribution in [-0.4, -0.2) is 96.7 Å². The van der Waals surface area contributed by atoms with Crippen molar-refractivity contribution >= 4 is 39.5 Å². The zero-order chi connectivity index (χ0) is 72.5. The molecule has 0 amide bonds. The number of rotatable bonds is 81. The smallest absolute Gasteiger partial charge is 0.462 e. The summed E-state index contributed by atoms with van der Waals surface area (Å²) >= 11 is 0. The Kier molecular flexibility index (Phi) is 72.9. The molecule has 0 radical (unpaired) electrons. The van der Waals surface area contributed by atoms with E-state index in [1.54, 1.807) is 0 Å². The Bertz CT molecular complexity index is 1880. The molecule has 0 rings (SSSR count). The minimum Gasteiger partial charge on any atom is -0.462 e. The molecule has 0 saturated carbocycles. The summed E-state index contributed by atoms with van der Waals surface area (Å²) in [6, 6.07) is 0. The van der Waals surface area contributed by atoms with Crippen molar-refractivity contribution < 1.29 is 80.2 Å². The largest absolute Gasteiger partial charge is 0.472 e. The maximum Gasteiger partial charge on any atom is 0.472 e. The number of phosphoric ester groups is 2. The van der Waals surface area contributed by atoms with Gasteiger partial charge in [0.15, 0.2) is 12.2 Å². The van der Waals surface area contributed by atoms with Gasteiger partial charge in [-0.25, -0.2) is 9.13 Å². The predicted molar refractivity (Wildman–Crippen MR) is 405 cm³/mol. The molecule has 17 nitrogen and oxygen atoms in total. The Labute approximate surface area is 607 Å². The molecule has 99 heavy (non-hydrogen) atoms. The molecule has 19 heteroatoms. The Morgan fingerprint density at radius 1 is 0.242 bits per heavy atom. The van der Waals surface area contributed by atoms with Crippen molar-refractivity contribution in [2.75, 3.05) is 39.6 Å². The van der Waals surface area contributed by atoms with Crippen molar-refractivity contribution in [2.24, 2.45) is 0 Å². The van der Waals surface area contributed by atoms with E-state index in [1.165, 1.54) is 263 Å². The molecule has 0 aromatic heterocycles. The van der Waals surface area contributed by atoms with Gasteiger partial charge >= 0.3 is 39.5 Å². The molecule has 0 fully saturated rings. The van der Waals surface area contributed by atoms with Gasteiger partial charge < -0.3 is 33.8 Å². The zero-order valence-electron chi connectivity index (χ0n) is 64.5. The predicted octanol–water partition coefficient (Wildman–Crippen LogP) is 24.2. The molecule has 0 heterocycles. The van der Waals surface area contributed by atoms with E-state index in [0.717, 1.165) is 89.9 Å². The van der Waals surface area contributed by atoms with Crippen LogP contribution in [0.25, 0.3) is 0 Å². The number of carbonyl (C=O) groups is 4. The minimum atomic E-state index is -4.96. The molecule has 0 bridgehead atoms. The highest BCUT2D eigenvalue weighted by Gasteiger charge is 2.30. The van der Waals surface area contributed by atoms with E-state index in [2.05, 4.69) is 27.7 Å². The fourth-order valence-electron chi connectivity index (χ4n) is 12.5. The SMILES string of the molecule is CCCCCCCCCCCCCCCCCCCCCCC(=O)OC[C@H](COP(=O)(O)OC[C@@H](O)COP(=O)(O)OC[C@@H](COC(=O)CCCCCCCCCC)OC(=O)CCCCCCCCCCCCC)OC(=O)CCCCCCCCCCCCCCCCCCCCCC. The number of hydrogen-bond donors (Lipinski definition) is 3. The first-order chi connectivity index (χ1) is 48.2. The molecule has 0 spiro atoms. The second-order valence-electron chi connectivity index (χ2n) is 28.8. The van der Waals surface area contributed by atoms with E-state index in [4.69, 9.17) is 37.0 Å². The number of unbranched alkanes of at least 4 members (excludes halogenated alkanes) is 55.